The van der Waals surface area contributed by atoms with Crippen molar-refractivity contribution in [3.05, 3.63) is 63.9 Å². The molecule has 1 heterocycles. The fourth-order valence-electron chi connectivity index (χ4n) is 2.59. The van der Waals surface area contributed by atoms with E-state index in [1.54, 1.807) is 12.1 Å². The molecule has 0 aliphatic carbocycles. The molecule has 0 saturated heterocycles. The molecule has 2 aromatic rings. The molecule has 1 unspecified atom stereocenters. The van der Waals surface area contributed by atoms with Crippen molar-refractivity contribution in [3.8, 4) is 5.75 Å². The number of rotatable bonds is 3. The number of fused-ring (bicyclic) bond motifs is 1. The molecule has 0 aromatic heterocycles. The Morgan fingerprint density at radius 2 is 2.05 bits per heavy atom. The summed E-state index contributed by atoms with van der Waals surface area (Å²) in [5, 5.41) is 0.129. The minimum Gasteiger partial charge on any atom is -0.493 e. The van der Waals surface area contributed by atoms with Crippen LogP contribution >= 0.6 is 11.6 Å². The molecule has 0 spiro atoms. The van der Waals surface area contributed by atoms with Gasteiger partial charge in [-0.1, -0.05) is 41.9 Å². The molecule has 2 aromatic carbocycles. The van der Waals surface area contributed by atoms with Gasteiger partial charge in [0.15, 0.2) is 0 Å². The first-order chi connectivity index (χ1) is 9.66. The standard InChI is InChI=1S/C16H15ClFNO/c17-13-6-2-4-11(15(13)18)9-14(19)12-5-1-3-10-7-8-20-16(10)12/h1-6,14H,7-9,19H2. The predicted molar refractivity (Wildman–Crippen MR) is 77.7 cm³/mol. The summed E-state index contributed by atoms with van der Waals surface area (Å²) in [4.78, 5) is 0. The maximum absolute atomic E-state index is 13.9. The molecule has 4 heteroatoms. The highest BCUT2D eigenvalue weighted by molar-refractivity contribution is 6.30. The second kappa shape index (κ2) is 5.43. The molecule has 1 atom stereocenters. The van der Waals surface area contributed by atoms with Crippen LogP contribution in [-0.4, -0.2) is 6.61 Å². The SMILES string of the molecule is NC(Cc1cccc(Cl)c1F)c1cccc2c1OCC2. The molecule has 1 aliphatic heterocycles. The lowest BCUT2D eigenvalue weighted by molar-refractivity contribution is 0.351. The normalized spacial score (nSPS) is 14.8. The lowest BCUT2D eigenvalue weighted by Gasteiger charge is -2.16. The van der Waals surface area contributed by atoms with Crippen molar-refractivity contribution < 1.29 is 9.13 Å². The van der Waals surface area contributed by atoms with Crippen molar-refractivity contribution >= 4 is 11.6 Å². The van der Waals surface area contributed by atoms with Crippen molar-refractivity contribution in [2.24, 2.45) is 5.73 Å². The van der Waals surface area contributed by atoms with E-state index in [0.717, 1.165) is 17.7 Å². The van der Waals surface area contributed by atoms with Crippen LogP contribution in [0.1, 0.15) is 22.7 Å². The third-order valence-corrected chi connectivity index (χ3v) is 3.91. The zero-order valence-corrected chi connectivity index (χ0v) is 11.7. The molecular weight excluding hydrogens is 277 g/mol. The second-order valence-electron chi connectivity index (χ2n) is 4.96. The van der Waals surface area contributed by atoms with Crippen molar-refractivity contribution in [1.29, 1.82) is 0 Å². The van der Waals surface area contributed by atoms with Gasteiger partial charge in [-0.05, 0) is 23.6 Å². The highest BCUT2D eigenvalue weighted by Gasteiger charge is 2.21. The van der Waals surface area contributed by atoms with Gasteiger partial charge in [-0.15, -0.1) is 0 Å². The van der Waals surface area contributed by atoms with Crippen LogP contribution in [0.4, 0.5) is 4.39 Å². The van der Waals surface area contributed by atoms with Crippen molar-refractivity contribution in [1.82, 2.24) is 0 Å². The van der Waals surface area contributed by atoms with Crippen molar-refractivity contribution in [3.63, 3.8) is 0 Å². The number of para-hydroxylation sites is 1. The summed E-state index contributed by atoms with van der Waals surface area (Å²) in [6.07, 6.45) is 1.30. The van der Waals surface area contributed by atoms with E-state index in [4.69, 9.17) is 22.1 Å². The van der Waals surface area contributed by atoms with Gasteiger partial charge < -0.3 is 10.5 Å². The van der Waals surface area contributed by atoms with Crippen LogP contribution < -0.4 is 10.5 Å². The fourth-order valence-corrected chi connectivity index (χ4v) is 2.78. The average molecular weight is 292 g/mol. The molecule has 0 bridgehead atoms. The highest BCUT2D eigenvalue weighted by atomic mass is 35.5. The lowest BCUT2D eigenvalue weighted by Crippen LogP contribution is -2.15. The number of ether oxygens (including phenoxy) is 1. The van der Waals surface area contributed by atoms with E-state index in [0.29, 0.717) is 18.6 Å². The van der Waals surface area contributed by atoms with E-state index < -0.39 is 5.82 Å². The molecular formula is C16H15ClFNO. The third-order valence-electron chi connectivity index (χ3n) is 3.62. The van der Waals surface area contributed by atoms with E-state index in [-0.39, 0.29) is 11.1 Å². The molecule has 3 rings (SSSR count). The molecule has 0 fully saturated rings. The Labute approximate surface area is 122 Å². The molecule has 0 amide bonds. The van der Waals surface area contributed by atoms with Crippen LogP contribution in [0.3, 0.4) is 0 Å². The van der Waals surface area contributed by atoms with Gasteiger partial charge in [0.25, 0.3) is 0 Å². The van der Waals surface area contributed by atoms with Gasteiger partial charge in [0.2, 0.25) is 0 Å². The zero-order valence-electron chi connectivity index (χ0n) is 10.9. The predicted octanol–water partition coefficient (Wildman–Crippen LogP) is 3.66. The minimum atomic E-state index is -0.391. The summed E-state index contributed by atoms with van der Waals surface area (Å²) in [7, 11) is 0. The van der Waals surface area contributed by atoms with E-state index >= 15 is 0 Å². The van der Waals surface area contributed by atoms with Crippen LogP contribution in [0.15, 0.2) is 36.4 Å². The maximum atomic E-state index is 13.9. The summed E-state index contributed by atoms with van der Waals surface area (Å²) in [6.45, 7) is 0.685. The third kappa shape index (κ3) is 2.39. The number of benzene rings is 2. The van der Waals surface area contributed by atoms with Crippen molar-refractivity contribution in [2.45, 2.75) is 18.9 Å². The molecule has 20 heavy (non-hydrogen) atoms. The molecule has 2 nitrogen and oxygen atoms in total. The van der Waals surface area contributed by atoms with E-state index in [2.05, 4.69) is 0 Å². The first kappa shape index (κ1) is 13.4. The molecule has 1 aliphatic rings. The first-order valence-corrected chi connectivity index (χ1v) is 6.97. The summed E-state index contributed by atoms with van der Waals surface area (Å²) >= 11 is 5.80. The van der Waals surface area contributed by atoms with E-state index in [1.807, 2.05) is 18.2 Å². The lowest BCUT2D eigenvalue weighted by atomic mass is 9.96. The van der Waals surface area contributed by atoms with Gasteiger partial charge in [0.1, 0.15) is 11.6 Å². The van der Waals surface area contributed by atoms with Crippen LogP contribution in [0, 0.1) is 5.82 Å². The molecule has 104 valence electrons. The highest BCUT2D eigenvalue weighted by Crippen LogP contribution is 2.34. The number of halogens is 2. The summed E-state index contributed by atoms with van der Waals surface area (Å²) in [5.41, 5.74) is 8.86. The summed E-state index contributed by atoms with van der Waals surface area (Å²) in [5.74, 6) is 0.473. The Morgan fingerprint density at radius 1 is 1.25 bits per heavy atom. The smallest absolute Gasteiger partial charge is 0.145 e. The second-order valence-corrected chi connectivity index (χ2v) is 5.36. The van der Waals surface area contributed by atoms with Crippen LogP contribution in [0.5, 0.6) is 5.75 Å². The van der Waals surface area contributed by atoms with Crippen LogP contribution in [-0.2, 0) is 12.8 Å². The van der Waals surface area contributed by atoms with E-state index in [9.17, 15) is 4.39 Å². The van der Waals surface area contributed by atoms with E-state index in [1.165, 1.54) is 11.6 Å². The van der Waals surface area contributed by atoms with Gasteiger partial charge in [0, 0.05) is 18.0 Å². The first-order valence-electron chi connectivity index (χ1n) is 6.60. The average Bonchev–Trinajstić information content (AvgIpc) is 2.92. The summed E-state index contributed by atoms with van der Waals surface area (Å²) in [6, 6.07) is 10.6. The number of hydrogen-bond donors (Lipinski definition) is 1. The Bertz CT molecular complexity index is 644. The molecule has 0 saturated carbocycles. The fraction of sp³-hybridized carbons (Fsp3) is 0.250. The van der Waals surface area contributed by atoms with Gasteiger partial charge in [-0.25, -0.2) is 4.39 Å². The topological polar surface area (TPSA) is 35.2 Å². The number of hydrogen-bond acceptors (Lipinski definition) is 2. The maximum Gasteiger partial charge on any atom is 0.145 e. The zero-order chi connectivity index (χ0) is 14.1. The Morgan fingerprint density at radius 3 is 2.90 bits per heavy atom. The monoisotopic (exact) mass is 291 g/mol. The van der Waals surface area contributed by atoms with Gasteiger partial charge in [-0.3, -0.25) is 0 Å². The largest absolute Gasteiger partial charge is 0.493 e. The Kier molecular flexibility index (Phi) is 3.64. The quantitative estimate of drug-likeness (QED) is 0.937. The minimum absolute atomic E-state index is 0.129. The van der Waals surface area contributed by atoms with Gasteiger partial charge >= 0.3 is 0 Å². The van der Waals surface area contributed by atoms with Crippen molar-refractivity contribution in [2.75, 3.05) is 6.61 Å². The van der Waals surface area contributed by atoms with Gasteiger partial charge in [-0.2, -0.15) is 0 Å². The Hall–Kier alpha value is -1.58. The summed E-state index contributed by atoms with van der Waals surface area (Å²) < 4.78 is 19.6. The Balaban J connectivity index is 1.89. The van der Waals surface area contributed by atoms with Gasteiger partial charge in [0.05, 0.1) is 11.6 Å². The molecule has 0 radical (unpaired) electrons. The van der Waals surface area contributed by atoms with Crippen LogP contribution in [0.25, 0.3) is 0 Å². The molecule has 2 N–H and O–H groups in total. The number of nitrogens with two attached hydrogens (primary N) is 1. The van der Waals surface area contributed by atoms with Crippen LogP contribution in [0.2, 0.25) is 5.02 Å².